The van der Waals surface area contributed by atoms with Crippen LogP contribution < -0.4 is 21.5 Å². The zero-order valence-electron chi connectivity index (χ0n) is 20.9. The maximum atomic E-state index is 2.61. The van der Waals surface area contributed by atoms with Crippen molar-refractivity contribution in [3.05, 3.63) is 66.0 Å². The molecule has 0 aliphatic carbocycles. The van der Waals surface area contributed by atoms with E-state index < -0.39 is 0 Å². The minimum absolute atomic E-state index is 0. The lowest BCUT2D eigenvalue weighted by Gasteiger charge is -2.30. The molecular weight excluding hydrogens is 468 g/mol. The van der Waals surface area contributed by atoms with Gasteiger partial charge in [0, 0.05) is 31.6 Å². The van der Waals surface area contributed by atoms with Gasteiger partial charge < -0.3 is 21.9 Å². The molecular formula is C30H45BrN2. The molecule has 0 spiro atoms. The number of rotatable bonds is 14. The zero-order chi connectivity index (χ0) is 22.3. The number of piperidine rings is 1. The van der Waals surface area contributed by atoms with Gasteiger partial charge in [-0.2, -0.15) is 4.57 Å². The molecule has 1 aromatic carbocycles. The monoisotopic (exact) mass is 512 g/mol. The lowest BCUT2D eigenvalue weighted by atomic mass is 10.1. The van der Waals surface area contributed by atoms with Crippen LogP contribution in [0.15, 0.2) is 54.7 Å². The lowest BCUT2D eigenvalue weighted by Crippen LogP contribution is -3.00. The molecule has 1 aliphatic rings. The fraction of sp³-hybridized carbons (Fsp3) is 0.567. The van der Waals surface area contributed by atoms with Crippen molar-refractivity contribution < 1.29 is 21.5 Å². The van der Waals surface area contributed by atoms with Gasteiger partial charge in [0.1, 0.15) is 12.2 Å². The normalized spacial score (nSPS) is 14.2. The average Bonchev–Trinajstić information content (AvgIpc) is 2.85. The SMILES string of the molecule is CCCCCCCCCCCC[n+]1ccccc1C(=Cc1ccccc1)N1CCCCC1.[Br-]. The van der Waals surface area contributed by atoms with Crippen LogP contribution in [-0.2, 0) is 6.54 Å². The number of aryl methyl sites for hydroxylation is 1. The molecule has 33 heavy (non-hydrogen) atoms. The summed E-state index contributed by atoms with van der Waals surface area (Å²) in [7, 11) is 0. The molecule has 182 valence electrons. The molecule has 0 bridgehead atoms. The van der Waals surface area contributed by atoms with Crippen LogP contribution in [0.5, 0.6) is 0 Å². The standard InChI is InChI=1S/C30H45N2.BrH/c1-2-3-4-5-6-7-8-9-10-16-23-31-26-19-15-22-29(31)30(32-24-17-12-18-25-32)27-28-20-13-11-14-21-28;/h11,13-15,19-22,26-27H,2-10,12,16-18,23-25H2,1H3;1H/q+1;/p-1. The van der Waals surface area contributed by atoms with Crippen LogP contribution in [0.25, 0.3) is 11.8 Å². The number of aromatic nitrogens is 1. The van der Waals surface area contributed by atoms with Crippen LogP contribution in [0.4, 0.5) is 0 Å². The van der Waals surface area contributed by atoms with Gasteiger partial charge in [0.2, 0.25) is 5.69 Å². The molecule has 0 unspecified atom stereocenters. The third-order valence-electron chi connectivity index (χ3n) is 6.76. The van der Waals surface area contributed by atoms with Crippen molar-refractivity contribution in [2.75, 3.05) is 13.1 Å². The third kappa shape index (κ3) is 10.0. The summed E-state index contributed by atoms with van der Waals surface area (Å²) in [6.45, 7) is 5.76. The van der Waals surface area contributed by atoms with Crippen LogP contribution in [-0.4, -0.2) is 18.0 Å². The Kier molecular flexibility index (Phi) is 14.2. The first-order valence-electron chi connectivity index (χ1n) is 13.4. The summed E-state index contributed by atoms with van der Waals surface area (Å²) in [5.41, 5.74) is 4.06. The molecule has 0 atom stereocenters. The van der Waals surface area contributed by atoms with E-state index >= 15 is 0 Å². The second-order valence-electron chi connectivity index (χ2n) is 9.45. The predicted molar refractivity (Wildman–Crippen MR) is 138 cm³/mol. The Bertz CT molecular complexity index is 781. The van der Waals surface area contributed by atoms with Crippen LogP contribution in [0.3, 0.4) is 0 Å². The van der Waals surface area contributed by atoms with Crippen LogP contribution in [0.2, 0.25) is 0 Å². The number of unbranched alkanes of at least 4 members (excludes halogenated alkanes) is 9. The molecule has 0 radical (unpaired) electrons. The van der Waals surface area contributed by atoms with Gasteiger partial charge in [-0.1, -0.05) is 88.6 Å². The largest absolute Gasteiger partial charge is 1.00 e. The Morgan fingerprint density at radius 2 is 1.36 bits per heavy atom. The van der Waals surface area contributed by atoms with Crippen molar-refractivity contribution in [3.8, 4) is 0 Å². The number of hydrogen-bond acceptors (Lipinski definition) is 1. The number of halogens is 1. The van der Waals surface area contributed by atoms with Gasteiger partial charge in [-0.25, -0.2) is 0 Å². The highest BCUT2D eigenvalue weighted by Gasteiger charge is 2.22. The minimum Gasteiger partial charge on any atom is -1.00 e. The van der Waals surface area contributed by atoms with E-state index in [2.05, 4.69) is 77.2 Å². The summed E-state index contributed by atoms with van der Waals surface area (Å²) in [5, 5.41) is 0. The first-order valence-corrected chi connectivity index (χ1v) is 13.4. The third-order valence-corrected chi connectivity index (χ3v) is 6.76. The molecule has 3 rings (SSSR count). The van der Waals surface area contributed by atoms with Crippen LogP contribution >= 0.6 is 0 Å². The molecule has 2 aromatic rings. The topological polar surface area (TPSA) is 7.12 Å². The van der Waals surface area contributed by atoms with Crippen molar-refractivity contribution in [1.29, 1.82) is 0 Å². The minimum atomic E-state index is 0. The van der Waals surface area contributed by atoms with Crippen molar-refractivity contribution in [3.63, 3.8) is 0 Å². The van der Waals surface area contributed by atoms with Gasteiger partial charge >= 0.3 is 0 Å². The summed E-state index contributed by atoms with van der Waals surface area (Å²) < 4.78 is 2.49. The zero-order valence-corrected chi connectivity index (χ0v) is 22.4. The van der Waals surface area contributed by atoms with E-state index in [1.165, 1.54) is 114 Å². The van der Waals surface area contributed by atoms with Crippen LogP contribution in [0.1, 0.15) is 102 Å². The van der Waals surface area contributed by atoms with Gasteiger partial charge in [-0.05, 0) is 43.4 Å². The predicted octanol–water partition coefficient (Wildman–Crippen LogP) is 4.88. The second-order valence-corrected chi connectivity index (χ2v) is 9.45. The van der Waals surface area contributed by atoms with E-state index in [0.29, 0.717) is 0 Å². The lowest BCUT2D eigenvalue weighted by molar-refractivity contribution is -0.700. The van der Waals surface area contributed by atoms with Gasteiger partial charge in [-0.3, -0.25) is 0 Å². The Labute approximate surface area is 213 Å². The summed E-state index contributed by atoms with van der Waals surface area (Å²) in [5.74, 6) is 0. The Hall–Kier alpha value is -1.61. The molecule has 2 nitrogen and oxygen atoms in total. The maximum absolute atomic E-state index is 2.61. The van der Waals surface area contributed by atoms with Gasteiger partial charge in [0.25, 0.3) is 0 Å². The van der Waals surface area contributed by atoms with Gasteiger partial charge in [0.05, 0.1) is 0 Å². The van der Waals surface area contributed by atoms with Crippen molar-refractivity contribution in [2.24, 2.45) is 0 Å². The molecule has 1 fully saturated rings. The van der Waals surface area contributed by atoms with Crippen LogP contribution in [0, 0.1) is 0 Å². The molecule has 0 saturated carbocycles. The molecule has 0 N–H and O–H groups in total. The molecule has 3 heteroatoms. The van der Waals surface area contributed by atoms with Crippen molar-refractivity contribution >= 4 is 11.8 Å². The van der Waals surface area contributed by atoms with Crippen molar-refractivity contribution in [2.45, 2.75) is 96.9 Å². The number of hydrogen-bond donors (Lipinski definition) is 0. The van der Waals surface area contributed by atoms with E-state index in [0.717, 1.165) is 6.54 Å². The van der Waals surface area contributed by atoms with E-state index in [1.807, 2.05) is 0 Å². The van der Waals surface area contributed by atoms with Crippen molar-refractivity contribution in [1.82, 2.24) is 4.90 Å². The average molecular weight is 514 g/mol. The molecule has 1 aliphatic heterocycles. The molecule has 1 aromatic heterocycles. The number of pyridine rings is 1. The number of benzene rings is 1. The summed E-state index contributed by atoms with van der Waals surface area (Å²) in [6, 6.07) is 17.5. The molecule has 2 heterocycles. The fourth-order valence-corrected chi connectivity index (χ4v) is 4.84. The summed E-state index contributed by atoms with van der Waals surface area (Å²) in [4.78, 5) is 2.61. The maximum Gasteiger partial charge on any atom is 0.228 e. The Morgan fingerprint density at radius 3 is 2.03 bits per heavy atom. The summed E-state index contributed by atoms with van der Waals surface area (Å²) in [6.07, 6.45) is 22.5. The van der Waals surface area contributed by atoms with E-state index in [-0.39, 0.29) is 17.0 Å². The first-order chi connectivity index (χ1) is 15.9. The van der Waals surface area contributed by atoms with E-state index in [9.17, 15) is 0 Å². The molecule has 0 amide bonds. The smallest absolute Gasteiger partial charge is 0.228 e. The Morgan fingerprint density at radius 1 is 0.758 bits per heavy atom. The number of nitrogens with zero attached hydrogens (tertiary/aromatic N) is 2. The van der Waals surface area contributed by atoms with E-state index in [1.54, 1.807) is 0 Å². The molecule has 1 saturated heterocycles. The highest BCUT2D eigenvalue weighted by Crippen LogP contribution is 2.24. The van der Waals surface area contributed by atoms with E-state index in [4.69, 9.17) is 0 Å². The Balaban J connectivity index is 0.00000385. The summed E-state index contributed by atoms with van der Waals surface area (Å²) >= 11 is 0. The number of likely N-dealkylation sites (tertiary alicyclic amines) is 1. The highest BCUT2D eigenvalue weighted by molar-refractivity contribution is 5.77. The second kappa shape index (κ2) is 16.9. The van der Waals surface area contributed by atoms with Gasteiger partial charge in [0.15, 0.2) is 6.20 Å². The first kappa shape index (κ1) is 27.6. The van der Waals surface area contributed by atoms with Gasteiger partial charge in [-0.15, -0.1) is 0 Å². The fourth-order valence-electron chi connectivity index (χ4n) is 4.84. The highest BCUT2D eigenvalue weighted by atomic mass is 79.9. The quantitative estimate of drug-likeness (QED) is 0.258.